The number of benzene rings is 1. The van der Waals surface area contributed by atoms with E-state index >= 15 is 0 Å². The van der Waals surface area contributed by atoms with Crippen LogP contribution in [0.25, 0.3) is 0 Å². The molecule has 0 nitrogen and oxygen atoms in total. The summed E-state index contributed by atoms with van der Waals surface area (Å²) in [6.07, 6.45) is 0. The summed E-state index contributed by atoms with van der Waals surface area (Å²) in [6.45, 7) is 6.36. The van der Waals surface area contributed by atoms with Gasteiger partial charge in [0.05, 0.1) is 0 Å². The summed E-state index contributed by atoms with van der Waals surface area (Å²) in [6, 6.07) is 10.7. The molecule has 1 fully saturated rings. The molecule has 0 spiro atoms. The van der Waals surface area contributed by atoms with Crippen LogP contribution in [0.1, 0.15) is 18.4 Å². The Bertz CT molecular complexity index is 229. The molecule has 1 radical (unpaired) electrons. The van der Waals surface area contributed by atoms with E-state index in [1.165, 1.54) is 5.56 Å². The molecular weight excluding hydrogens is 132 g/mol. The van der Waals surface area contributed by atoms with Crippen LogP contribution in [0.5, 0.6) is 0 Å². The summed E-state index contributed by atoms with van der Waals surface area (Å²) < 4.78 is 0. The van der Waals surface area contributed by atoms with Gasteiger partial charge in [-0.1, -0.05) is 37.3 Å². The van der Waals surface area contributed by atoms with Crippen LogP contribution in [0.15, 0.2) is 30.3 Å². The smallest absolute Gasteiger partial charge is 0.0102 e. The average Bonchev–Trinajstić information content (AvgIpc) is 2.62. The van der Waals surface area contributed by atoms with Gasteiger partial charge in [0.1, 0.15) is 0 Å². The van der Waals surface area contributed by atoms with Crippen LogP contribution in [0.4, 0.5) is 0 Å². The van der Waals surface area contributed by atoms with Crippen LogP contribution < -0.4 is 0 Å². The minimum atomic E-state index is 0.650. The zero-order chi connectivity index (χ0) is 7.84. The Balaban J connectivity index is 2.20. The summed E-state index contributed by atoms with van der Waals surface area (Å²) in [5, 5.41) is 0. The molecule has 11 heavy (non-hydrogen) atoms. The van der Waals surface area contributed by atoms with Crippen molar-refractivity contribution in [2.24, 2.45) is 11.8 Å². The van der Waals surface area contributed by atoms with Crippen molar-refractivity contribution in [2.75, 3.05) is 0 Å². The van der Waals surface area contributed by atoms with Gasteiger partial charge in [0, 0.05) is 0 Å². The molecule has 2 rings (SSSR count). The van der Waals surface area contributed by atoms with Crippen LogP contribution in [-0.4, -0.2) is 0 Å². The van der Waals surface area contributed by atoms with Crippen molar-refractivity contribution in [1.29, 1.82) is 0 Å². The number of hydrogen-bond donors (Lipinski definition) is 0. The summed E-state index contributed by atoms with van der Waals surface area (Å²) in [4.78, 5) is 0. The zero-order valence-corrected chi connectivity index (χ0v) is 6.83. The lowest BCUT2D eigenvalue weighted by atomic mass is 10.1. The second-order valence-electron chi connectivity index (χ2n) is 3.46. The highest BCUT2D eigenvalue weighted by molar-refractivity contribution is 5.27. The van der Waals surface area contributed by atoms with Crippen LogP contribution in [-0.2, 0) is 0 Å². The normalized spacial score (nSPS) is 35.3. The molecule has 0 aromatic heterocycles. The van der Waals surface area contributed by atoms with E-state index in [4.69, 9.17) is 0 Å². The Morgan fingerprint density at radius 1 is 1.18 bits per heavy atom. The first-order valence-corrected chi connectivity index (χ1v) is 4.18. The molecule has 0 bridgehead atoms. The molecule has 0 aliphatic heterocycles. The fourth-order valence-corrected chi connectivity index (χ4v) is 1.77. The molecule has 3 atom stereocenters. The molecule has 1 saturated carbocycles. The first-order valence-electron chi connectivity index (χ1n) is 4.18. The quantitative estimate of drug-likeness (QED) is 0.570. The third-order valence-corrected chi connectivity index (χ3v) is 2.75. The van der Waals surface area contributed by atoms with E-state index in [1.54, 1.807) is 0 Å². The Morgan fingerprint density at radius 2 is 1.73 bits per heavy atom. The van der Waals surface area contributed by atoms with Gasteiger partial charge >= 0.3 is 0 Å². The lowest BCUT2D eigenvalue weighted by molar-refractivity contribution is 0.886. The minimum Gasteiger partial charge on any atom is -0.0622 e. The third kappa shape index (κ3) is 1.07. The van der Waals surface area contributed by atoms with Crippen molar-refractivity contribution in [2.45, 2.75) is 12.8 Å². The van der Waals surface area contributed by atoms with Gasteiger partial charge in [-0.05, 0) is 30.2 Å². The molecule has 1 aliphatic rings. The second-order valence-corrected chi connectivity index (χ2v) is 3.46. The third-order valence-electron chi connectivity index (χ3n) is 2.75. The average molecular weight is 145 g/mol. The van der Waals surface area contributed by atoms with Gasteiger partial charge in [0.25, 0.3) is 0 Å². The van der Waals surface area contributed by atoms with Crippen molar-refractivity contribution in [3.63, 3.8) is 0 Å². The molecule has 0 heterocycles. The molecular formula is C11H13. The predicted octanol–water partition coefficient (Wildman–Crippen LogP) is 2.87. The maximum atomic E-state index is 4.09. The van der Waals surface area contributed by atoms with Crippen molar-refractivity contribution in [3.05, 3.63) is 42.8 Å². The van der Waals surface area contributed by atoms with E-state index < -0.39 is 0 Å². The second kappa shape index (κ2) is 2.37. The molecule has 0 N–H and O–H groups in total. The van der Waals surface area contributed by atoms with Crippen molar-refractivity contribution in [1.82, 2.24) is 0 Å². The molecule has 0 saturated heterocycles. The maximum absolute atomic E-state index is 4.09. The van der Waals surface area contributed by atoms with Gasteiger partial charge in [0.2, 0.25) is 0 Å². The molecule has 0 heteroatoms. The highest BCUT2D eigenvalue weighted by atomic mass is 14.5. The van der Waals surface area contributed by atoms with Gasteiger partial charge in [-0.2, -0.15) is 0 Å². The van der Waals surface area contributed by atoms with Gasteiger partial charge in [-0.25, -0.2) is 0 Å². The van der Waals surface area contributed by atoms with Crippen LogP contribution >= 0.6 is 0 Å². The predicted molar refractivity (Wildman–Crippen MR) is 47.2 cm³/mol. The Morgan fingerprint density at radius 3 is 2.18 bits per heavy atom. The molecule has 1 aromatic carbocycles. The van der Waals surface area contributed by atoms with E-state index in [-0.39, 0.29) is 0 Å². The van der Waals surface area contributed by atoms with E-state index in [0.717, 1.165) is 11.8 Å². The SMILES string of the molecule is [CH2]C1C(C)C1c1ccccc1. The van der Waals surface area contributed by atoms with Crippen LogP contribution in [0.2, 0.25) is 0 Å². The molecule has 1 aliphatic carbocycles. The van der Waals surface area contributed by atoms with Gasteiger partial charge < -0.3 is 0 Å². The summed E-state index contributed by atoms with van der Waals surface area (Å²) in [5.74, 6) is 2.17. The minimum absolute atomic E-state index is 0.650. The largest absolute Gasteiger partial charge is 0.0622 e. The first-order chi connectivity index (χ1) is 5.30. The number of hydrogen-bond acceptors (Lipinski definition) is 0. The highest BCUT2D eigenvalue weighted by Crippen LogP contribution is 2.52. The van der Waals surface area contributed by atoms with Gasteiger partial charge in [0.15, 0.2) is 0 Å². The fraction of sp³-hybridized carbons (Fsp3) is 0.364. The van der Waals surface area contributed by atoms with E-state index in [1.807, 2.05) is 0 Å². The van der Waals surface area contributed by atoms with Gasteiger partial charge in [-0.3, -0.25) is 0 Å². The molecule has 0 amide bonds. The molecule has 57 valence electrons. The van der Waals surface area contributed by atoms with Gasteiger partial charge in [-0.15, -0.1) is 0 Å². The van der Waals surface area contributed by atoms with Crippen molar-refractivity contribution in [3.8, 4) is 0 Å². The fourth-order valence-electron chi connectivity index (χ4n) is 1.77. The maximum Gasteiger partial charge on any atom is -0.0102 e. The Kier molecular flexibility index (Phi) is 1.49. The number of rotatable bonds is 1. The monoisotopic (exact) mass is 145 g/mol. The van der Waals surface area contributed by atoms with Crippen molar-refractivity contribution >= 4 is 0 Å². The van der Waals surface area contributed by atoms with Crippen molar-refractivity contribution < 1.29 is 0 Å². The molecule has 3 unspecified atom stereocenters. The molecule has 1 aromatic rings. The Labute approximate surface area is 68.3 Å². The summed E-state index contributed by atoms with van der Waals surface area (Å²) >= 11 is 0. The standard InChI is InChI=1S/C11H13/c1-8-9(2)11(8)10-6-4-3-5-7-10/h3-9,11H,1H2,2H3. The summed E-state index contributed by atoms with van der Waals surface area (Å²) in [7, 11) is 0. The van der Waals surface area contributed by atoms with E-state index in [0.29, 0.717) is 5.92 Å². The topological polar surface area (TPSA) is 0 Å². The summed E-state index contributed by atoms with van der Waals surface area (Å²) in [5.41, 5.74) is 1.46. The highest BCUT2D eigenvalue weighted by Gasteiger charge is 2.43. The lowest BCUT2D eigenvalue weighted by Gasteiger charge is -1.95. The Hall–Kier alpha value is -0.780. The zero-order valence-electron chi connectivity index (χ0n) is 6.83. The van der Waals surface area contributed by atoms with E-state index in [9.17, 15) is 0 Å². The van der Waals surface area contributed by atoms with E-state index in [2.05, 4.69) is 44.2 Å². The van der Waals surface area contributed by atoms with Crippen LogP contribution in [0.3, 0.4) is 0 Å². The lowest BCUT2D eigenvalue weighted by Crippen LogP contribution is -1.79. The van der Waals surface area contributed by atoms with Crippen LogP contribution in [0, 0.1) is 18.8 Å². The first kappa shape index (κ1) is 6.90.